The van der Waals surface area contributed by atoms with Gasteiger partial charge < -0.3 is 0 Å². The number of nitrogens with zero attached hydrogens (tertiary/aromatic N) is 15. The van der Waals surface area contributed by atoms with Gasteiger partial charge in [-0.1, -0.05) is 217 Å². The first-order chi connectivity index (χ1) is 44.2. The Labute approximate surface area is 535 Å². The number of rotatable bonds is 15. The van der Waals surface area contributed by atoms with Gasteiger partial charge in [-0.3, -0.25) is 14.7 Å². The topological polar surface area (TPSA) is 141 Å². The number of benzene rings is 6. The van der Waals surface area contributed by atoms with Crippen LogP contribution in [-0.4, -0.2) is 152 Å². The van der Waals surface area contributed by atoms with Gasteiger partial charge in [-0.2, -0.15) is 15.3 Å². The maximum absolute atomic E-state index is 13.6. The lowest BCUT2D eigenvalue weighted by molar-refractivity contribution is -0.131. The van der Waals surface area contributed by atoms with Crippen molar-refractivity contribution in [3.63, 3.8) is 0 Å². The van der Waals surface area contributed by atoms with Crippen molar-refractivity contribution in [2.75, 3.05) is 58.9 Å². The summed E-state index contributed by atoms with van der Waals surface area (Å²) in [4.78, 5) is 5.57. The zero-order valence-corrected chi connectivity index (χ0v) is 51.3. The van der Waals surface area contributed by atoms with Gasteiger partial charge in [0, 0.05) is 79.1 Å². The van der Waals surface area contributed by atoms with Crippen molar-refractivity contribution in [2.24, 2.45) is 0 Å². The van der Waals surface area contributed by atoms with Crippen LogP contribution in [0.3, 0.4) is 0 Å². The molecule has 462 valence electrons. The lowest BCUT2D eigenvalue weighted by atomic mass is 10.1. The Balaban J connectivity index is 0.000000125. The smallest absolute Gasteiger partial charge is 0.272 e. The van der Waals surface area contributed by atoms with Gasteiger partial charge in [0.15, 0.2) is 16.9 Å². The Morgan fingerprint density at radius 2 is 0.648 bits per heavy atom. The molecule has 23 heteroatoms. The molecule has 12 aromatic rings. The molecule has 3 fully saturated rings. The first-order valence-electron chi connectivity index (χ1n) is 29.9. The number of hydrogen-bond acceptors (Lipinski definition) is 12. The second-order valence-electron chi connectivity index (χ2n) is 22.7. The van der Waals surface area contributed by atoms with E-state index in [1.54, 1.807) is 19.2 Å². The van der Waals surface area contributed by atoms with E-state index in [0.29, 0.717) is 130 Å². The Morgan fingerprint density at radius 1 is 0.352 bits per heavy atom. The number of fused-ring (bicyclic) bond motifs is 3. The normalized spacial score (nSPS) is 16.4. The zero-order valence-electron chi connectivity index (χ0n) is 49.0. The molecule has 0 amide bonds. The van der Waals surface area contributed by atoms with E-state index in [1.165, 1.54) is 0 Å². The minimum Gasteiger partial charge on any atom is -0.299 e. The third-order valence-corrected chi connectivity index (χ3v) is 17.4. The average molecular weight is 1290 g/mol. The molecule has 9 heterocycles. The molecule has 6 aromatic carbocycles. The summed E-state index contributed by atoms with van der Waals surface area (Å²) in [6.45, 7) is 4.06. The predicted molar refractivity (Wildman–Crippen MR) is 347 cm³/mol. The number of aromatic nitrogens is 12. The van der Waals surface area contributed by atoms with Crippen molar-refractivity contribution in [1.82, 2.24) is 74.6 Å². The summed E-state index contributed by atoms with van der Waals surface area (Å²) in [6.07, 6.45) is -0.239. The third-order valence-electron chi connectivity index (χ3n) is 16.3. The van der Waals surface area contributed by atoms with E-state index in [0.717, 1.165) is 51.0 Å². The molecular formula is C68H59Cl3F5N15. The SMILES string of the molecule is FC1(F)CCN(CCn2nc(-c3ccccc3)c3c(Cl)c(-c4ccccc4)nnc32)C1.FC1(F)CN(CCn2nc(-c3ccccc3)c3c(Cl)c(-c4ccccc4)nnc32)C1.F[C@@H]1CCN(CCn2nc(-c3ccccc3)c3c(Cl)c(-c4ccccc4)nnc32)C1. The summed E-state index contributed by atoms with van der Waals surface area (Å²) in [6, 6.07) is 58.5. The molecule has 0 saturated carbocycles. The summed E-state index contributed by atoms with van der Waals surface area (Å²) in [7, 11) is 0. The molecule has 15 nitrogen and oxygen atoms in total. The fourth-order valence-electron chi connectivity index (χ4n) is 11.7. The molecule has 0 unspecified atom stereocenters. The van der Waals surface area contributed by atoms with E-state index < -0.39 is 18.0 Å². The Morgan fingerprint density at radius 3 is 0.934 bits per heavy atom. The molecule has 3 aliphatic heterocycles. The van der Waals surface area contributed by atoms with E-state index in [9.17, 15) is 22.0 Å². The lowest BCUT2D eigenvalue weighted by Crippen LogP contribution is -2.56. The quantitative estimate of drug-likeness (QED) is 0.0902. The number of halogens is 8. The van der Waals surface area contributed by atoms with Crippen molar-refractivity contribution in [2.45, 2.75) is 50.5 Å². The van der Waals surface area contributed by atoms with E-state index in [-0.39, 0.29) is 26.1 Å². The van der Waals surface area contributed by atoms with Crippen molar-refractivity contribution in [3.8, 4) is 67.5 Å². The van der Waals surface area contributed by atoms with Crippen molar-refractivity contribution in [1.29, 1.82) is 0 Å². The molecule has 3 saturated heterocycles. The van der Waals surface area contributed by atoms with Crippen LogP contribution in [-0.2, 0) is 19.6 Å². The van der Waals surface area contributed by atoms with Gasteiger partial charge in [0.05, 0.1) is 70.5 Å². The molecule has 6 aromatic heterocycles. The fourth-order valence-corrected chi connectivity index (χ4v) is 12.7. The molecule has 3 aliphatic rings. The van der Waals surface area contributed by atoms with Crippen LogP contribution in [0.4, 0.5) is 22.0 Å². The highest BCUT2D eigenvalue weighted by Gasteiger charge is 2.43. The van der Waals surface area contributed by atoms with E-state index in [2.05, 4.69) is 35.5 Å². The molecule has 91 heavy (non-hydrogen) atoms. The second kappa shape index (κ2) is 26.7. The van der Waals surface area contributed by atoms with Crippen LogP contribution in [0.2, 0.25) is 15.1 Å². The van der Waals surface area contributed by atoms with Crippen LogP contribution in [0, 0.1) is 0 Å². The van der Waals surface area contributed by atoms with Gasteiger partial charge >= 0.3 is 0 Å². The first-order valence-corrected chi connectivity index (χ1v) is 31.0. The molecule has 0 bridgehead atoms. The maximum atomic E-state index is 13.6. The zero-order chi connectivity index (χ0) is 62.6. The predicted octanol–water partition coefficient (Wildman–Crippen LogP) is 14.8. The van der Waals surface area contributed by atoms with Crippen LogP contribution in [0.25, 0.3) is 101 Å². The fraction of sp³-hybridized carbons (Fsp3) is 0.250. The largest absolute Gasteiger partial charge is 0.299 e. The summed E-state index contributed by atoms with van der Waals surface area (Å²) >= 11 is 20.5. The van der Waals surface area contributed by atoms with E-state index in [1.807, 2.05) is 187 Å². The van der Waals surface area contributed by atoms with Crippen LogP contribution in [0.15, 0.2) is 182 Å². The Hall–Kier alpha value is -8.63. The summed E-state index contributed by atoms with van der Waals surface area (Å²) in [5, 5.41) is 44.6. The van der Waals surface area contributed by atoms with Gasteiger partial charge in [-0.25, -0.2) is 36.0 Å². The molecule has 15 rings (SSSR count). The van der Waals surface area contributed by atoms with Crippen LogP contribution < -0.4 is 0 Å². The van der Waals surface area contributed by atoms with Crippen LogP contribution >= 0.6 is 34.8 Å². The van der Waals surface area contributed by atoms with E-state index in [4.69, 9.17) is 50.1 Å². The Kier molecular flexibility index (Phi) is 18.0. The highest BCUT2D eigenvalue weighted by Crippen LogP contribution is 2.41. The van der Waals surface area contributed by atoms with Crippen molar-refractivity contribution < 1.29 is 22.0 Å². The maximum Gasteiger partial charge on any atom is 0.272 e. The average Bonchev–Trinajstić information content (AvgIpc) is 1.67. The van der Waals surface area contributed by atoms with Gasteiger partial charge in [-0.15, -0.1) is 30.6 Å². The summed E-state index contributed by atoms with van der Waals surface area (Å²) in [5.41, 5.74) is 11.2. The monoisotopic (exact) mass is 1290 g/mol. The van der Waals surface area contributed by atoms with Crippen molar-refractivity contribution in [3.05, 3.63) is 197 Å². The highest BCUT2D eigenvalue weighted by atomic mass is 35.5. The van der Waals surface area contributed by atoms with Crippen LogP contribution in [0.5, 0.6) is 0 Å². The van der Waals surface area contributed by atoms with Gasteiger partial charge in [-0.05, 0) is 6.42 Å². The van der Waals surface area contributed by atoms with Crippen molar-refractivity contribution >= 4 is 67.9 Å². The number of likely N-dealkylation sites (tertiary alicyclic amines) is 3. The number of hydrogen-bond donors (Lipinski definition) is 0. The highest BCUT2D eigenvalue weighted by molar-refractivity contribution is 6.39. The van der Waals surface area contributed by atoms with E-state index >= 15 is 0 Å². The second-order valence-corrected chi connectivity index (χ2v) is 23.9. The van der Waals surface area contributed by atoms with Crippen LogP contribution in [0.1, 0.15) is 12.8 Å². The third kappa shape index (κ3) is 13.4. The van der Waals surface area contributed by atoms with Gasteiger partial charge in [0.25, 0.3) is 11.8 Å². The molecule has 0 aliphatic carbocycles. The first kappa shape index (κ1) is 61.2. The minimum atomic E-state index is -2.62. The number of alkyl halides is 5. The molecule has 0 spiro atoms. The summed E-state index contributed by atoms with van der Waals surface area (Å²) in [5.74, 6) is -5.20. The summed E-state index contributed by atoms with van der Waals surface area (Å²) < 4.78 is 72.2. The standard InChI is InChI=1S/C23H20ClF2N5.C23H21ClFN5.C22H18ClF2N5/c24-19-18-20(16-7-3-1-4-8-16)29-31(14-13-30-12-11-23(25,26)15-30)22(18)28-27-21(19)17-9-5-2-6-10-17;24-20-19-21(16-7-3-1-4-8-16)28-30(14-13-29-12-11-18(25)15-29)23(19)27-26-22(20)17-9-5-2-6-10-17;23-18-17-19(15-7-3-1-4-8-15)28-30(12-11-29-13-22(24,25)14-29)21(17)27-26-20(18)16-9-5-2-6-10-16/h1-10H,11-15H2;1-10,18H,11-15H2;1-10H,11-14H2/t;18-;/m.1./s1. The molecule has 0 N–H and O–H groups in total. The molecule has 0 radical (unpaired) electrons. The Bertz CT molecular complexity index is 4470. The molecular weight excluding hydrogens is 1230 g/mol. The van der Waals surface area contributed by atoms with Gasteiger partial charge in [0.1, 0.15) is 40.3 Å². The lowest BCUT2D eigenvalue weighted by Gasteiger charge is -2.38. The molecule has 1 atom stereocenters. The minimum absolute atomic E-state index is 0.103. The van der Waals surface area contributed by atoms with Gasteiger partial charge in [0.2, 0.25) is 0 Å².